The molecule has 1 unspecified atom stereocenters. The molecule has 6 heteroatoms. The first-order valence-corrected chi connectivity index (χ1v) is 13.8. The number of amides is 1. The molecule has 1 amide bonds. The summed E-state index contributed by atoms with van der Waals surface area (Å²) in [5.41, 5.74) is 3.52. The fraction of sp³-hybridized carbons (Fsp3) is 0.407. The number of sulfone groups is 1. The molecule has 1 fully saturated rings. The molecule has 4 rings (SSSR count). The molecule has 5 nitrogen and oxygen atoms in total. The van der Waals surface area contributed by atoms with Gasteiger partial charge >= 0.3 is 0 Å². The van der Waals surface area contributed by atoms with Crippen molar-refractivity contribution in [2.45, 2.75) is 51.5 Å². The van der Waals surface area contributed by atoms with Crippen molar-refractivity contribution in [2.24, 2.45) is 5.92 Å². The Morgan fingerprint density at radius 1 is 1.03 bits per heavy atom. The number of rotatable bonds is 7. The van der Waals surface area contributed by atoms with Gasteiger partial charge < -0.3 is 5.32 Å². The number of pyridine rings is 1. The van der Waals surface area contributed by atoms with Crippen molar-refractivity contribution in [2.75, 3.05) is 12.0 Å². The van der Waals surface area contributed by atoms with Gasteiger partial charge in [0, 0.05) is 23.2 Å². The van der Waals surface area contributed by atoms with Crippen LogP contribution in [0.25, 0.3) is 22.2 Å². The minimum atomic E-state index is -3.22. The lowest BCUT2D eigenvalue weighted by Gasteiger charge is -2.29. The molecule has 0 spiro atoms. The van der Waals surface area contributed by atoms with Crippen molar-refractivity contribution in [3.8, 4) is 11.3 Å². The van der Waals surface area contributed by atoms with E-state index in [0.717, 1.165) is 29.3 Å². The Hall–Kier alpha value is -2.73. The van der Waals surface area contributed by atoms with Crippen LogP contribution in [0.2, 0.25) is 0 Å². The quantitative estimate of drug-likeness (QED) is 0.522. The molecule has 3 aromatic rings. The van der Waals surface area contributed by atoms with E-state index >= 15 is 0 Å². The van der Waals surface area contributed by atoms with E-state index in [4.69, 9.17) is 4.98 Å². The first kappa shape index (κ1) is 23.4. The molecule has 2 aromatic carbocycles. The molecular weight excluding hydrogens is 432 g/mol. The monoisotopic (exact) mass is 464 g/mol. The highest BCUT2D eigenvalue weighted by Crippen LogP contribution is 2.32. The number of carbonyl (C=O) groups excluding carboxylic acids is 1. The van der Waals surface area contributed by atoms with E-state index in [-0.39, 0.29) is 24.1 Å². The lowest BCUT2D eigenvalue weighted by Crippen LogP contribution is -2.39. The summed E-state index contributed by atoms with van der Waals surface area (Å²) in [7, 11) is -3.22. The van der Waals surface area contributed by atoms with Crippen LogP contribution in [-0.2, 0) is 16.3 Å². The van der Waals surface area contributed by atoms with Gasteiger partial charge in [0.1, 0.15) is 9.84 Å². The maximum absolute atomic E-state index is 13.8. The number of hydrogen-bond acceptors (Lipinski definition) is 4. The number of aromatic nitrogens is 1. The van der Waals surface area contributed by atoms with Crippen LogP contribution in [-0.4, -0.2) is 37.4 Å². The summed E-state index contributed by atoms with van der Waals surface area (Å²) < 4.78 is 24.1. The van der Waals surface area contributed by atoms with Crippen LogP contribution < -0.4 is 5.32 Å². The Labute approximate surface area is 196 Å². The number of hydrogen-bond donors (Lipinski definition) is 1. The number of carbonyl (C=O) groups is 1. The predicted molar refractivity (Wildman–Crippen MR) is 134 cm³/mol. The van der Waals surface area contributed by atoms with E-state index in [1.807, 2.05) is 54.6 Å². The molecule has 33 heavy (non-hydrogen) atoms. The number of para-hydroxylation sites is 1. The topological polar surface area (TPSA) is 76.1 Å². The largest absolute Gasteiger partial charge is 0.349 e. The summed E-state index contributed by atoms with van der Waals surface area (Å²) in [6, 6.07) is 17.4. The maximum Gasteiger partial charge on any atom is 0.252 e. The lowest BCUT2D eigenvalue weighted by atomic mass is 9.84. The Balaban J connectivity index is 1.83. The molecular formula is C27H32N2O3S. The molecule has 1 aromatic heterocycles. The van der Waals surface area contributed by atoms with E-state index in [1.54, 1.807) is 0 Å². The Morgan fingerprint density at radius 2 is 1.70 bits per heavy atom. The number of fused-ring (bicyclic) bond motifs is 1. The van der Waals surface area contributed by atoms with Gasteiger partial charge in [0.2, 0.25) is 0 Å². The van der Waals surface area contributed by atoms with Crippen LogP contribution in [0.1, 0.15) is 54.9 Å². The summed E-state index contributed by atoms with van der Waals surface area (Å²) in [4.78, 5) is 18.6. The van der Waals surface area contributed by atoms with Crippen LogP contribution in [0, 0.1) is 5.92 Å². The van der Waals surface area contributed by atoms with Gasteiger partial charge in [-0.15, -0.1) is 0 Å². The second-order valence-electron chi connectivity index (χ2n) is 9.24. The first-order chi connectivity index (χ1) is 15.8. The standard InChI is InChI=1S/C27H32N2O3S/c1-19(20-11-5-3-6-12-20)28-27(30)25-22-15-9-10-16-24(22)29-26(21-13-7-4-8-14-21)23(25)17-18-33(2,31)32/h4,7-10,13-16,19-20H,3,5-6,11-12,17-18H2,1-2H3,(H,28,30). The van der Waals surface area contributed by atoms with Gasteiger partial charge in [-0.25, -0.2) is 13.4 Å². The number of nitrogens with zero attached hydrogens (tertiary/aromatic N) is 1. The van der Waals surface area contributed by atoms with Crippen LogP contribution in [0.5, 0.6) is 0 Å². The average molecular weight is 465 g/mol. The van der Waals surface area contributed by atoms with Gasteiger partial charge in [0.15, 0.2) is 0 Å². The third-order valence-corrected chi connectivity index (χ3v) is 7.65. The fourth-order valence-electron chi connectivity index (χ4n) is 4.91. The smallest absolute Gasteiger partial charge is 0.252 e. The van der Waals surface area contributed by atoms with Crippen LogP contribution >= 0.6 is 0 Å². The minimum absolute atomic E-state index is 0.0364. The number of benzene rings is 2. The summed E-state index contributed by atoms with van der Waals surface area (Å²) in [5.74, 6) is 0.293. The molecule has 0 bridgehead atoms. The SMILES string of the molecule is CC(NC(=O)c1c(CCS(C)(=O)=O)c(-c2ccccc2)nc2ccccc12)C1CCCCC1. The predicted octanol–water partition coefficient (Wildman–Crippen LogP) is 5.19. The first-order valence-electron chi connectivity index (χ1n) is 11.8. The molecule has 1 aliphatic rings. The summed E-state index contributed by atoms with van der Waals surface area (Å²) in [6.07, 6.45) is 7.42. The molecule has 1 N–H and O–H groups in total. The summed E-state index contributed by atoms with van der Waals surface area (Å²) in [5, 5.41) is 4.02. The zero-order valence-corrected chi connectivity index (χ0v) is 20.2. The van der Waals surface area contributed by atoms with Crippen molar-refractivity contribution >= 4 is 26.6 Å². The van der Waals surface area contributed by atoms with Crippen LogP contribution in [0.3, 0.4) is 0 Å². The second kappa shape index (κ2) is 10.0. The molecule has 0 aliphatic heterocycles. The fourth-order valence-corrected chi connectivity index (χ4v) is 5.48. The molecule has 1 aliphatic carbocycles. The third-order valence-electron chi connectivity index (χ3n) is 6.71. The summed E-state index contributed by atoms with van der Waals surface area (Å²) in [6.45, 7) is 2.09. The van der Waals surface area contributed by atoms with Crippen LogP contribution in [0.15, 0.2) is 54.6 Å². The van der Waals surface area contributed by atoms with Gasteiger partial charge in [0.05, 0.1) is 22.5 Å². The maximum atomic E-state index is 13.8. The van der Waals surface area contributed by atoms with Crippen molar-refractivity contribution in [3.63, 3.8) is 0 Å². The Kier molecular flexibility index (Phi) is 7.13. The van der Waals surface area contributed by atoms with Gasteiger partial charge in [-0.05, 0) is 43.7 Å². The van der Waals surface area contributed by atoms with Gasteiger partial charge in [-0.3, -0.25) is 4.79 Å². The molecule has 1 saturated carbocycles. The van der Waals surface area contributed by atoms with Crippen molar-refractivity contribution in [1.82, 2.24) is 10.3 Å². The second-order valence-corrected chi connectivity index (χ2v) is 11.5. The van der Waals surface area contributed by atoms with Crippen molar-refractivity contribution in [3.05, 3.63) is 65.7 Å². The normalized spacial score (nSPS) is 15.9. The van der Waals surface area contributed by atoms with Gasteiger partial charge in [0.25, 0.3) is 5.91 Å². The average Bonchev–Trinajstić information content (AvgIpc) is 2.82. The third kappa shape index (κ3) is 5.61. The van der Waals surface area contributed by atoms with Gasteiger partial charge in [-0.2, -0.15) is 0 Å². The highest BCUT2D eigenvalue weighted by molar-refractivity contribution is 7.90. The van der Waals surface area contributed by atoms with Crippen LogP contribution in [0.4, 0.5) is 0 Å². The Bertz CT molecular complexity index is 1230. The number of nitrogens with one attached hydrogen (secondary N) is 1. The van der Waals surface area contributed by atoms with E-state index in [1.165, 1.54) is 25.5 Å². The molecule has 1 atom stereocenters. The Morgan fingerprint density at radius 3 is 2.39 bits per heavy atom. The lowest BCUT2D eigenvalue weighted by molar-refractivity contribution is 0.0920. The molecule has 0 radical (unpaired) electrons. The minimum Gasteiger partial charge on any atom is -0.349 e. The van der Waals surface area contributed by atoms with Crippen molar-refractivity contribution in [1.29, 1.82) is 0 Å². The summed E-state index contributed by atoms with van der Waals surface area (Å²) >= 11 is 0. The van der Waals surface area contributed by atoms with Gasteiger partial charge in [-0.1, -0.05) is 67.8 Å². The highest BCUT2D eigenvalue weighted by atomic mass is 32.2. The van der Waals surface area contributed by atoms with Crippen molar-refractivity contribution < 1.29 is 13.2 Å². The molecule has 174 valence electrons. The highest BCUT2D eigenvalue weighted by Gasteiger charge is 2.26. The molecule has 0 saturated heterocycles. The van der Waals surface area contributed by atoms with E-state index in [9.17, 15) is 13.2 Å². The zero-order chi connectivity index (χ0) is 23.4. The molecule has 1 heterocycles. The van der Waals surface area contributed by atoms with E-state index in [2.05, 4.69) is 12.2 Å². The zero-order valence-electron chi connectivity index (χ0n) is 19.4. The van der Waals surface area contributed by atoms with E-state index in [0.29, 0.717) is 22.7 Å². The van der Waals surface area contributed by atoms with E-state index < -0.39 is 9.84 Å².